The second-order valence-corrected chi connectivity index (χ2v) is 7.87. The molecule has 0 atom stereocenters. The lowest BCUT2D eigenvalue weighted by Crippen LogP contribution is -2.26. The fourth-order valence-electron chi connectivity index (χ4n) is 3.82. The normalized spacial score (nSPS) is 10.8. The third-order valence-electron chi connectivity index (χ3n) is 5.60. The number of carbonyl (C=O) groups is 1. The van der Waals surface area contributed by atoms with Gasteiger partial charge in [0.2, 0.25) is 0 Å². The fourth-order valence-corrected chi connectivity index (χ4v) is 3.82. The van der Waals surface area contributed by atoms with Gasteiger partial charge < -0.3 is 19.4 Å². The summed E-state index contributed by atoms with van der Waals surface area (Å²) < 4.78 is 13.3. The molecule has 6 heteroatoms. The predicted molar refractivity (Wildman–Crippen MR) is 130 cm³/mol. The second-order valence-electron chi connectivity index (χ2n) is 7.87. The first-order valence-corrected chi connectivity index (χ1v) is 11.2. The van der Waals surface area contributed by atoms with Crippen molar-refractivity contribution in [3.05, 3.63) is 89.7 Å². The van der Waals surface area contributed by atoms with Gasteiger partial charge in [-0.1, -0.05) is 30.3 Å². The van der Waals surface area contributed by atoms with Crippen LogP contribution in [0.25, 0.3) is 11.0 Å². The van der Waals surface area contributed by atoms with E-state index in [-0.39, 0.29) is 5.91 Å². The van der Waals surface area contributed by atoms with Crippen LogP contribution in [0.2, 0.25) is 0 Å². The number of aromatic nitrogens is 2. The Morgan fingerprint density at radius 1 is 1.00 bits per heavy atom. The van der Waals surface area contributed by atoms with Crippen LogP contribution in [-0.2, 0) is 13.0 Å². The summed E-state index contributed by atoms with van der Waals surface area (Å²) in [6.45, 7) is 3.99. The number of nitrogens with one attached hydrogen (secondary N) is 1. The second kappa shape index (κ2) is 10.7. The summed E-state index contributed by atoms with van der Waals surface area (Å²) in [5, 5.41) is 2.99. The van der Waals surface area contributed by atoms with E-state index in [0.29, 0.717) is 25.1 Å². The van der Waals surface area contributed by atoms with Gasteiger partial charge in [0, 0.05) is 25.1 Å². The molecule has 33 heavy (non-hydrogen) atoms. The monoisotopic (exact) mass is 443 g/mol. The molecule has 1 amide bonds. The maximum absolute atomic E-state index is 12.5. The highest BCUT2D eigenvalue weighted by atomic mass is 16.5. The van der Waals surface area contributed by atoms with Crippen molar-refractivity contribution in [1.82, 2.24) is 14.9 Å². The number of imidazole rings is 1. The number of benzene rings is 3. The molecule has 1 heterocycles. The Labute approximate surface area is 194 Å². The van der Waals surface area contributed by atoms with Crippen molar-refractivity contribution in [1.29, 1.82) is 0 Å². The summed E-state index contributed by atoms with van der Waals surface area (Å²) in [5.74, 6) is 2.51. The lowest BCUT2D eigenvalue weighted by atomic mass is 10.2. The number of fused-ring (bicyclic) bond motifs is 1. The van der Waals surface area contributed by atoms with Crippen molar-refractivity contribution in [2.45, 2.75) is 26.3 Å². The van der Waals surface area contributed by atoms with Gasteiger partial charge in [0.1, 0.15) is 17.3 Å². The summed E-state index contributed by atoms with van der Waals surface area (Å²) in [4.78, 5) is 17.3. The molecule has 4 rings (SSSR count). The van der Waals surface area contributed by atoms with E-state index in [9.17, 15) is 4.79 Å². The van der Waals surface area contributed by atoms with Gasteiger partial charge in [0.25, 0.3) is 5.91 Å². The zero-order valence-electron chi connectivity index (χ0n) is 19.1. The third-order valence-corrected chi connectivity index (χ3v) is 5.60. The smallest absolute Gasteiger partial charge is 0.251 e. The molecule has 0 spiro atoms. The molecule has 0 saturated carbocycles. The van der Waals surface area contributed by atoms with Crippen LogP contribution < -0.4 is 14.8 Å². The van der Waals surface area contributed by atoms with E-state index in [1.54, 1.807) is 31.4 Å². The molecule has 6 nitrogen and oxygen atoms in total. The molecule has 0 saturated heterocycles. The number of amides is 1. The first-order chi connectivity index (χ1) is 16.2. The Kier molecular flexibility index (Phi) is 7.25. The summed E-state index contributed by atoms with van der Waals surface area (Å²) in [5.41, 5.74) is 3.82. The number of rotatable bonds is 10. The lowest BCUT2D eigenvalue weighted by molar-refractivity contribution is 0.0954. The van der Waals surface area contributed by atoms with E-state index >= 15 is 0 Å². The Morgan fingerprint density at radius 2 is 1.76 bits per heavy atom. The fraction of sp³-hybridized carbons (Fsp3) is 0.259. The quantitative estimate of drug-likeness (QED) is 0.358. The van der Waals surface area contributed by atoms with E-state index < -0.39 is 0 Å². The largest absolute Gasteiger partial charge is 0.497 e. The molecule has 0 bridgehead atoms. The minimum absolute atomic E-state index is 0.105. The number of nitrogens with zero attached hydrogens (tertiary/aromatic N) is 2. The Balaban J connectivity index is 1.37. The number of para-hydroxylation sites is 3. The number of methoxy groups -OCH3 is 1. The number of hydrogen-bond acceptors (Lipinski definition) is 4. The molecule has 1 aromatic heterocycles. The number of hydrogen-bond donors (Lipinski definition) is 1. The number of aryl methyl sites for hydroxylation is 2. The summed E-state index contributed by atoms with van der Waals surface area (Å²) in [7, 11) is 1.61. The van der Waals surface area contributed by atoms with Crippen LogP contribution in [0.3, 0.4) is 0 Å². The molecular formula is C27H29N3O3. The van der Waals surface area contributed by atoms with Gasteiger partial charge >= 0.3 is 0 Å². The van der Waals surface area contributed by atoms with Gasteiger partial charge in [0.15, 0.2) is 0 Å². The van der Waals surface area contributed by atoms with Gasteiger partial charge in [0.05, 0.1) is 24.8 Å². The molecule has 0 aliphatic rings. The molecule has 0 fully saturated rings. The van der Waals surface area contributed by atoms with Gasteiger partial charge in [-0.25, -0.2) is 4.98 Å². The summed E-state index contributed by atoms with van der Waals surface area (Å²) in [6, 6.07) is 23.3. The van der Waals surface area contributed by atoms with Crippen molar-refractivity contribution >= 4 is 16.9 Å². The number of carbonyl (C=O) groups excluding carboxylic acids is 1. The van der Waals surface area contributed by atoms with Crippen molar-refractivity contribution in [2.24, 2.45) is 0 Å². The van der Waals surface area contributed by atoms with Crippen LogP contribution in [0.4, 0.5) is 0 Å². The van der Waals surface area contributed by atoms with E-state index in [2.05, 4.69) is 28.9 Å². The van der Waals surface area contributed by atoms with Crippen LogP contribution >= 0.6 is 0 Å². The zero-order valence-corrected chi connectivity index (χ0v) is 19.1. The molecule has 1 N–H and O–H groups in total. The third kappa shape index (κ3) is 5.52. The van der Waals surface area contributed by atoms with E-state index in [4.69, 9.17) is 14.5 Å². The van der Waals surface area contributed by atoms with Crippen LogP contribution in [0.15, 0.2) is 72.8 Å². The van der Waals surface area contributed by atoms with Crippen molar-refractivity contribution in [2.75, 3.05) is 20.3 Å². The molecule has 0 aliphatic carbocycles. The maximum Gasteiger partial charge on any atom is 0.251 e. The maximum atomic E-state index is 12.5. The average molecular weight is 444 g/mol. The predicted octanol–water partition coefficient (Wildman–Crippen LogP) is 4.79. The van der Waals surface area contributed by atoms with E-state index in [1.807, 2.05) is 36.4 Å². The molecule has 4 aromatic rings. The van der Waals surface area contributed by atoms with Crippen LogP contribution in [-0.4, -0.2) is 35.7 Å². The Bertz CT molecular complexity index is 1220. The van der Waals surface area contributed by atoms with E-state index in [0.717, 1.165) is 46.9 Å². The summed E-state index contributed by atoms with van der Waals surface area (Å²) >= 11 is 0. The van der Waals surface area contributed by atoms with Crippen LogP contribution in [0.5, 0.6) is 11.5 Å². The van der Waals surface area contributed by atoms with Gasteiger partial charge in [-0.3, -0.25) is 4.79 Å². The molecule has 0 unspecified atom stereocenters. The van der Waals surface area contributed by atoms with Gasteiger partial charge in [-0.2, -0.15) is 0 Å². The highest BCUT2D eigenvalue weighted by Gasteiger charge is 2.12. The topological polar surface area (TPSA) is 65.4 Å². The SMILES string of the molecule is COc1ccc(C(=O)NCCc2nc3ccccc3n2CCCOc2ccccc2C)cc1. The zero-order chi connectivity index (χ0) is 23.0. The molecule has 170 valence electrons. The van der Waals surface area contributed by atoms with Gasteiger partial charge in [-0.05, 0) is 61.4 Å². The highest BCUT2D eigenvalue weighted by molar-refractivity contribution is 5.94. The Morgan fingerprint density at radius 3 is 2.55 bits per heavy atom. The Hall–Kier alpha value is -3.80. The van der Waals surface area contributed by atoms with Gasteiger partial charge in [-0.15, -0.1) is 0 Å². The highest BCUT2D eigenvalue weighted by Crippen LogP contribution is 2.19. The lowest BCUT2D eigenvalue weighted by Gasteiger charge is -2.12. The molecule has 3 aromatic carbocycles. The van der Waals surface area contributed by atoms with Crippen molar-refractivity contribution in [3.63, 3.8) is 0 Å². The molecule has 0 aliphatic heterocycles. The number of ether oxygens (including phenoxy) is 2. The minimum atomic E-state index is -0.105. The molecular weight excluding hydrogens is 414 g/mol. The van der Waals surface area contributed by atoms with Crippen molar-refractivity contribution < 1.29 is 14.3 Å². The van der Waals surface area contributed by atoms with E-state index in [1.165, 1.54) is 0 Å². The van der Waals surface area contributed by atoms with Crippen LogP contribution in [0.1, 0.15) is 28.2 Å². The standard InChI is InChI=1S/C27H29N3O3/c1-20-8-3-6-11-25(20)33-19-7-18-30-24-10-5-4-9-23(24)29-26(30)16-17-28-27(31)21-12-14-22(32-2)15-13-21/h3-6,8-15H,7,16-19H2,1-2H3,(H,28,31). The first-order valence-electron chi connectivity index (χ1n) is 11.2. The minimum Gasteiger partial charge on any atom is -0.497 e. The van der Waals surface area contributed by atoms with Crippen LogP contribution in [0, 0.1) is 6.92 Å². The summed E-state index contributed by atoms with van der Waals surface area (Å²) in [6.07, 6.45) is 1.51. The van der Waals surface area contributed by atoms with Crippen molar-refractivity contribution in [3.8, 4) is 11.5 Å². The first kappa shape index (κ1) is 22.4. The molecule has 0 radical (unpaired) electrons. The average Bonchev–Trinajstić information content (AvgIpc) is 3.20.